The third-order valence-corrected chi connectivity index (χ3v) is 4.24. The number of carbonyl (C=O) groups is 1. The number of amides is 1. The lowest BCUT2D eigenvalue weighted by Crippen LogP contribution is -2.29. The highest BCUT2D eigenvalue weighted by Crippen LogP contribution is 2.23. The number of nitrogens with one attached hydrogen (secondary N) is 1. The highest BCUT2D eigenvalue weighted by atomic mass is 35.5. The maximum atomic E-state index is 11.9. The third-order valence-electron chi connectivity index (χ3n) is 3.66. The Morgan fingerprint density at radius 3 is 2.48 bits per heavy atom. The fraction of sp³-hybridized carbons (Fsp3) is 0.136. The molecule has 0 saturated carbocycles. The van der Waals surface area contributed by atoms with Gasteiger partial charge in [0.05, 0.1) is 12.1 Å². The van der Waals surface area contributed by atoms with Gasteiger partial charge in [0, 0.05) is 17.1 Å². The second kappa shape index (κ2) is 10.6. The Hall–Kier alpha value is -2.49. The lowest BCUT2D eigenvalue weighted by Gasteiger charge is -2.07. The average Bonchev–Trinajstić information content (AvgIpc) is 2.65. The van der Waals surface area contributed by atoms with E-state index in [1.807, 2.05) is 61.5 Å². The number of methoxy groups -OCH3 is 1. The van der Waals surface area contributed by atoms with E-state index in [0.717, 1.165) is 11.1 Å². The molecule has 2 aromatic rings. The van der Waals surface area contributed by atoms with Gasteiger partial charge in [-0.2, -0.15) is 0 Å². The lowest BCUT2D eigenvalue weighted by atomic mass is 10.2. The number of carbonyl (C=O) groups excluding carboxylic acids is 1. The minimum atomic E-state index is -0.172. The SMILES string of the molecule is COc1ccc(C=CC=CC(=O)NC(C)C=Cc2ccc(Cl)cc2)c(Cl)c1. The van der Waals surface area contributed by atoms with Gasteiger partial charge in [0.2, 0.25) is 5.91 Å². The Kier molecular flexibility index (Phi) is 8.18. The number of rotatable bonds is 7. The van der Waals surface area contributed by atoms with Crippen LogP contribution in [-0.4, -0.2) is 19.1 Å². The molecule has 2 rings (SSSR count). The van der Waals surface area contributed by atoms with Crippen molar-refractivity contribution in [3.8, 4) is 5.75 Å². The van der Waals surface area contributed by atoms with E-state index in [-0.39, 0.29) is 11.9 Å². The quantitative estimate of drug-likeness (QED) is 0.470. The van der Waals surface area contributed by atoms with Gasteiger partial charge in [-0.15, -0.1) is 0 Å². The zero-order valence-electron chi connectivity index (χ0n) is 15.2. The zero-order valence-corrected chi connectivity index (χ0v) is 16.7. The van der Waals surface area contributed by atoms with Crippen molar-refractivity contribution in [2.75, 3.05) is 7.11 Å². The first-order chi connectivity index (χ1) is 13.0. The first kappa shape index (κ1) is 20.8. The number of hydrogen-bond acceptors (Lipinski definition) is 2. The predicted octanol–water partition coefficient (Wildman–Crippen LogP) is 5.79. The van der Waals surface area contributed by atoms with E-state index in [9.17, 15) is 4.79 Å². The molecule has 0 aliphatic heterocycles. The van der Waals surface area contributed by atoms with Gasteiger partial charge in [0.1, 0.15) is 5.75 Å². The summed E-state index contributed by atoms with van der Waals surface area (Å²) in [4.78, 5) is 11.9. The Labute approximate surface area is 170 Å². The molecule has 1 N–H and O–H groups in total. The van der Waals surface area contributed by atoms with Crippen molar-refractivity contribution in [3.05, 3.63) is 87.9 Å². The maximum absolute atomic E-state index is 11.9. The highest BCUT2D eigenvalue weighted by molar-refractivity contribution is 6.32. The maximum Gasteiger partial charge on any atom is 0.244 e. The molecule has 3 nitrogen and oxygen atoms in total. The third kappa shape index (κ3) is 7.33. The first-order valence-electron chi connectivity index (χ1n) is 8.40. The van der Waals surface area contributed by atoms with Crippen LogP contribution in [0.4, 0.5) is 0 Å². The van der Waals surface area contributed by atoms with Crippen LogP contribution in [0.3, 0.4) is 0 Å². The standard InChI is InChI=1S/C22H21Cl2NO2/c1-16(7-8-17-9-12-19(23)13-10-17)25-22(26)6-4-3-5-18-11-14-20(27-2)15-21(18)24/h3-16H,1-2H3,(H,25,26). The van der Waals surface area contributed by atoms with Gasteiger partial charge in [-0.05, 0) is 48.4 Å². The van der Waals surface area contributed by atoms with Gasteiger partial charge in [-0.3, -0.25) is 4.79 Å². The smallest absolute Gasteiger partial charge is 0.244 e. The molecule has 1 amide bonds. The molecule has 0 aliphatic rings. The van der Waals surface area contributed by atoms with E-state index in [4.69, 9.17) is 27.9 Å². The Morgan fingerprint density at radius 2 is 1.81 bits per heavy atom. The second-order valence-electron chi connectivity index (χ2n) is 5.81. The Morgan fingerprint density at radius 1 is 1.07 bits per heavy atom. The number of halogens is 2. The zero-order chi connectivity index (χ0) is 19.6. The number of benzene rings is 2. The molecule has 0 aromatic heterocycles. The fourth-order valence-electron chi connectivity index (χ4n) is 2.22. The van der Waals surface area contributed by atoms with Gasteiger partial charge in [-0.1, -0.05) is 65.7 Å². The van der Waals surface area contributed by atoms with Crippen LogP contribution in [-0.2, 0) is 4.79 Å². The topological polar surface area (TPSA) is 38.3 Å². The molecule has 0 bridgehead atoms. The summed E-state index contributed by atoms with van der Waals surface area (Å²) < 4.78 is 5.11. The summed E-state index contributed by atoms with van der Waals surface area (Å²) in [5.41, 5.74) is 1.87. The molecular formula is C22H21Cl2NO2. The van der Waals surface area contributed by atoms with Crippen molar-refractivity contribution < 1.29 is 9.53 Å². The van der Waals surface area contributed by atoms with E-state index < -0.39 is 0 Å². The number of hydrogen-bond donors (Lipinski definition) is 1. The molecule has 27 heavy (non-hydrogen) atoms. The van der Waals surface area contributed by atoms with Crippen LogP contribution in [0.25, 0.3) is 12.2 Å². The van der Waals surface area contributed by atoms with Crippen molar-refractivity contribution in [3.63, 3.8) is 0 Å². The monoisotopic (exact) mass is 401 g/mol. The van der Waals surface area contributed by atoms with Crippen LogP contribution in [0, 0.1) is 0 Å². The summed E-state index contributed by atoms with van der Waals surface area (Å²) in [6.45, 7) is 1.91. The van der Waals surface area contributed by atoms with E-state index in [2.05, 4.69) is 5.32 Å². The molecule has 0 heterocycles. The van der Waals surface area contributed by atoms with E-state index in [1.54, 1.807) is 25.3 Å². The first-order valence-corrected chi connectivity index (χ1v) is 9.16. The van der Waals surface area contributed by atoms with Crippen molar-refractivity contribution in [2.45, 2.75) is 13.0 Å². The molecule has 0 saturated heterocycles. The normalized spacial score (nSPS) is 12.7. The summed E-state index contributed by atoms with van der Waals surface area (Å²) in [5.74, 6) is 0.529. The van der Waals surface area contributed by atoms with Gasteiger partial charge in [0.15, 0.2) is 0 Å². The molecule has 0 radical (unpaired) electrons. The van der Waals surface area contributed by atoms with Crippen molar-refractivity contribution in [1.82, 2.24) is 5.32 Å². The van der Waals surface area contributed by atoms with Gasteiger partial charge >= 0.3 is 0 Å². The highest BCUT2D eigenvalue weighted by Gasteiger charge is 2.00. The summed E-state index contributed by atoms with van der Waals surface area (Å²) in [5, 5.41) is 4.16. The Balaban J connectivity index is 1.84. The molecular weight excluding hydrogens is 381 g/mol. The molecule has 1 unspecified atom stereocenters. The van der Waals surface area contributed by atoms with E-state index >= 15 is 0 Å². The number of allylic oxidation sites excluding steroid dienone is 2. The van der Waals surface area contributed by atoms with Crippen LogP contribution >= 0.6 is 23.2 Å². The van der Waals surface area contributed by atoms with Crippen LogP contribution in [0.2, 0.25) is 10.0 Å². The minimum Gasteiger partial charge on any atom is -0.497 e. The average molecular weight is 402 g/mol. The summed E-state index contributed by atoms with van der Waals surface area (Å²) in [6.07, 6.45) is 10.6. The van der Waals surface area contributed by atoms with Gasteiger partial charge in [-0.25, -0.2) is 0 Å². The molecule has 0 fully saturated rings. The fourth-order valence-corrected chi connectivity index (χ4v) is 2.58. The number of ether oxygens (including phenoxy) is 1. The summed E-state index contributed by atoms with van der Waals surface area (Å²) >= 11 is 12.0. The molecule has 1 atom stereocenters. The molecule has 5 heteroatoms. The van der Waals surface area contributed by atoms with Crippen LogP contribution in [0.15, 0.2) is 66.8 Å². The second-order valence-corrected chi connectivity index (χ2v) is 6.66. The van der Waals surface area contributed by atoms with Gasteiger partial charge < -0.3 is 10.1 Å². The summed E-state index contributed by atoms with van der Waals surface area (Å²) in [7, 11) is 1.59. The van der Waals surface area contributed by atoms with Crippen molar-refractivity contribution in [1.29, 1.82) is 0 Å². The van der Waals surface area contributed by atoms with Crippen LogP contribution < -0.4 is 10.1 Å². The van der Waals surface area contributed by atoms with E-state index in [0.29, 0.717) is 15.8 Å². The van der Waals surface area contributed by atoms with Crippen molar-refractivity contribution >= 4 is 41.3 Å². The summed E-state index contributed by atoms with van der Waals surface area (Å²) in [6, 6.07) is 12.8. The van der Waals surface area contributed by atoms with Crippen LogP contribution in [0.1, 0.15) is 18.1 Å². The Bertz CT molecular complexity index is 855. The van der Waals surface area contributed by atoms with E-state index in [1.165, 1.54) is 6.08 Å². The predicted molar refractivity (Wildman–Crippen MR) is 114 cm³/mol. The van der Waals surface area contributed by atoms with Gasteiger partial charge in [0.25, 0.3) is 0 Å². The molecule has 140 valence electrons. The van der Waals surface area contributed by atoms with Crippen LogP contribution in [0.5, 0.6) is 5.75 Å². The molecule has 2 aromatic carbocycles. The van der Waals surface area contributed by atoms with Crippen molar-refractivity contribution in [2.24, 2.45) is 0 Å². The largest absolute Gasteiger partial charge is 0.497 e. The molecule has 0 spiro atoms. The minimum absolute atomic E-state index is 0.0992. The molecule has 0 aliphatic carbocycles. The lowest BCUT2D eigenvalue weighted by molar-refractivity contribution is -0.116.